The predicted molar refractivity (Wildman–Crippen MR) is 79.8 cm³/mol. The van der Waals surface area contributed by atoms with Crippen LogP contribution < -0.4 is 16.6 Å². The number of aromatic nitrogens is 5. The van der Waals surface area contributed by atoms with E-state index in [1.807, 2.05) is 6.07 Å². The molecule has 112 valence electrons. The summed E-state index contributed by atoms with van der Waals surface area (Å²) >= 11 is 0. The van der Waals surface area contributed by atoms with Crippen LogP contribution in [0.15, 0.2) is 18.5 Å². The number of nitrogen functional groups attached to an aromatic ring is 1. The summed E-state index contributed by atoms with van der Waals surface area (Å²) in [5.74, 6) is 7.56. The van der Waals surface area contributed by atoms with E-state index in [-0.39, 0.29) is 0 Å². The third-order valence-corrected chi connectivity index (χ3v) is 3.60. The minimum atomic E-state index is 0.319. The van der Waals surface area contributed by atoms with Crippen molar-refractivity contribution in [2.75, 3.05) is 10.7 Å². The largest absolute Gasteiger partial charge is 0.351 e. The van der Waals surface area contributed by atoms with E-state index in [4.69, 9.17) is 5.84 Å². The first-order chi connectivity index (χ1) is 10.3. The van der Waals surface area contributed by atoms with E-state index in [9.17, 15) is 0 Å². The van der Waals surface area contributed by atoms with Gasteiger partial charge in [0.1, 0.15) is 0 Å². The summed E-state index contributed by atoms with van der Waals surface area (Å²) in [6.45, 7) is 2.16. The second-order valence-electron chi connectivity index (χ2n) is 5.31. The maximum atomic E-state index is 5.43. The molecule has 0 saturated heterocycles. The molecular weight excluding hydrogens is 268 g/mol. The second kappa shape index (κ2) is 6.04. The molecule has 2 aromatic heterocycles. The lowest BCUT2D eigenvalue weighted by atomic mass is 10.1. The molecule has 8 heteroatoms. The summed E-state index contributed by atoms with van der Waals surface area (Å²) in [5.41, 5.74) is 2.47. The van der Waals surface area contributed by atoms with Crippen molar-refractivity contribution in [3.63, 3.8) is 0 Å². The van der Waals surface area contributed by atoms with Crippen LogP contribution >= 0.6 is 0 Å². The van der Waals surface area contributed by atoms with Crippen molar-refractivity contribution in [2.45, 2.75) is 38.6 Å². The lowest BCUT2D eigenvalue weighted by Gasteiger charge is -2.17. The molecule has 2 aromatic rings. The molecule has 0 bridgehead atoms. The highest BCUT2D eigenvalue weighted by atomic mass is 15.4. The maximum absolute atomic E-state index is 5.43. The van der Waals surface area contributed by atoms with E-state index >= 15 is 0 Å². The predicted octanol–water partition coefficient (Wildman–Crippen LogP) is 1.33. The monoisotopic (exact) mass is 288 g/mol. The molecule has 3 rings (SSSR count). The van der Waals surface area contributed by atoms with Gasteiger partial charge in [-0.15, -0.1) is 0 Å². The van der Waals surface area contributed by atoms with Crippen LogP contribution in [0.5, 0.6) is 0 Å². The molecule has 1 atom stereocenters. The van der Waals surface area contributed by atoms with Crippen LogP contribution in [-0.2, 0) is 0 Å². The van der Waals surface area contributed by atoms with Crippen LogP contribution in [0.3, 0.4) is 0 Å². The Bertz CT molecular complexity index is 578. The van der Waals surface area contributed by atoms with Gasteiger partial charge in [0.15, 0.2) is 0 Å². The SMILES string of the molecule is CCC(CC1CC1)Nc1nc(NN)nc(-n2cccn2)n1. The van der Waals surface area contributed by atoms with Crippen molar-refractivity contribution in [1.82, 2.24) is 24.7 Å². The molecule has 21 heavy (non-hydrogen) atoms. The van der Waals surface area contributed by atoms with Crippen molar-refractivity contribution in [3.8, 4) is 5.95 Å². The van der Waals surface area contributed by atoms with Crippen molar-refractivity contribution in [1.29, 1.82) is 0 Å². The van der Waals surface area contributed by atoms with Gasteiger partial charge < -0.3 is 5.32 Å². The molecule has 0 amide bonds. The molecule has 1 saturated carbocycles. The van der Waals surface area contributed by atoms with Crippen molar-refractivity contribution >= 4 is 11.9 Å². The quantitative estimate of drug-likeness (QED) is 0.521. The first-order valence-corrected chi connectivity index (χ1v) is 7.27. The zero-order valence-electron chi connectivity index (χ0n) is 12.0. The Labute approximate surface area is 123 Å². The van der Waals surface area contributed by atoms with E-state index < -0.39 is 0 Å². The molecular formula is C13H20N8. The van der Waals surface area contributed by atoms with E-state index in [1.165, 1.54) is 12.8 Å². The van der Waals surface area contributed by atoms with Crippen molar-refractivity contribution < 1.29 is 0 Å². The number of rotatable bonds is 7. The molecule has 0 radical (unpaired) electrons. The third-order valence-electron chi connectivity index (χ3n) is 3.60. The van der Waals surface area contributed by atoms with Gasteiger partial charge in [-0.05, 0) is 24.8 Å². The Balaban J connectivity index is 1.81. The van der Waals surface area contributed by atoms with Gasteiger partial charge in [-0.2, -0.15) is 20.1 Å². The first kappa shape index (κ1) is 13.7. The van der Waals surface area contributed by atoms with Crippen LogP contribution in [0.2, 0.25) is 0 Å². The first-order valence-electron chi connectivity index (χ1n) is 7.27. The van der Waals surface area contributed by atoms with Gasteiger partial charge >= 0.3 is 0 Å². The van der Waals surface area contributed by atoms with Crippen molar-refractivity contribution in [2.24, 2.45) is 11.8 Å². The Kier molecular flexibility index (Phi) is 3.96. The van der Waals surface area contributed by atoms with Gasteiger partial charge in [-0.25, -0.2) is 10.5 Å². The summed E-state index contributed by atoms with van der Waals surface area (Å²) in [6.07, 6.45) is 8.32. The molecule has 0 aromatic carbocycles. The number of hydrazine groups is 1. The second-order valence-corrected chi connectivity index (χ2v) is 5.31. The standard InChI is InChI=1S/C13H20N8/c1-2-10(8-9-4-5-9)16-11-17-12(20-14)19-13(18-11)21-7-3-6-15-21/h3,6-7,9-10H,2,4-5,8,14H2,1H3,(H2,16,17,18,19,20). The molecule has 8 nitrogen and oxygen atoms in total. The normalized spacial score (nSPS) is 15.7. The van der Waals surface area contributed by atoms with E-state index in [1.54, 1.807) is 17.1 Å². The molecule has 1 fully saturated rings. The zero-order valence-corrected chi connectivity index (χ0v) is 12.0. The molecule has 1 unspecified atom stereocenters. The topological polar surface area (TPSA) is 107 Å². The molecule has 0 spiro atoms. The van der Waals surface area contributed by atoms with Gasteiger partial charge in [-0.1, -0.05) is 19.8 Å². The summed E-state index contributed by atoms with van der Waals surface area (Å²) in [6, 6.07) is 2.19. The highest BCUT2D eigenvalue weighted by Gasteiger charge is 2.25. The summed E-state index contributed by atoms with van der Waals surface area (Å²) in [4.78, 5) is 12.9. The Morgan fingerprint density at radius 3 is 2.76 bits per heavy atom. The fraction of sp³-hybridized carbons (Fsp3) is 0.538. The van der Waals surface area contributed by atoms with Crippen molar-refractivity contribution in [3.05, 3.63) is 18.5 Å². The highest BCUT2D eigenvalue weighted by molar-refractivity contribution is 5.37. The number of nitrogens with one attached hydrogen (secondary N) is 2. The Morgan fingerprint density at radius 1 is 1.33 bits per heavy atom. The summed E-state index contributed by atoms with van der Waals surface area (Å²) < 4.78 is 1.58. The molecule has 4 N–H and O–H groups in total. The van der Waals surface area contributed by atoms with Crippen LogP contribution in [0.1, 0.15) is 32.6 Å². The average molecular weight is 288 g/mol. The van der Waals surface area contributed by atoms with Crippen LogP contribution in [-0.4, -0.2) is 30.8 Å². The lowest BCUT2D eigenvalue weighted by Crippen LogP contribution is -2.23. The van der Waals surface area contributed by atoms with Gasteiger partial charge in [0, 0.05) is 18.4 Å². The minimum Gasteiger partial charge on any atom is -0.351 e. The molecule has 1 aliphatic carbocycles. The fourth-order valence-electron chi connectivity index (χ4n) is 2.25. The molecule has 2 heterocycles. The molecule has 0 aliphatic heterocycles. The minimum absolute atomic E-state index is 0.319. The number of anilines is 2. The number of hydrogen-bond acceptors (Lipinski definition) is 7. The summed E-state index contributed by atoms with van der Waals surface area (Å²) in [7, 11) is 0. The average Bonchev–Trinajstić information content (AvgIpc) is 3.15. The fourth-order valence-corrected chi connectivity index (χ4v) is 2.25. The van der Waals surface area contributed by atoms with Crippen LogP contribution in [0, 0.1) is 5.92 Å². The maximum Gasteiger partial charge on any atom is 0.257 e. The van der Waals surface area contributed by atoms with E-state index in [0.717, 1.165) is 18.8 Å². The van der Waals surface area contributed by atoms with Crippen LogP contribution in [0.25, 0.3) is 5.95 Å². The Hall–Kier alpha value is -2.22. The number of hydrogen-bond donors (Lipinski definition) is 3. The van der Waals surface area contributed by atoms with Gasteiger partial charge in [0.05, 0.1) is 0 Å². The summed E-state index contributed by atoms with van der Waals surface area (Å²) in [5, 5.41) is 7.51. The zero-order chi connectivity index (χ0) is 14.7. The van der Waals surface area contributed by atoms with Gasteiger partial charge in [0.25, 0.3) is 5.95 Å². The van der Waals surface area contributed by atoms with E-state index in [0.29, 0.717) is 23.9 Å². The lowest BCUT2D eigenvalue weighted by molar-refractivity contribution is 0.582. The van der Waals surface area contributed by atoms with Gasteiger partial charge in [0.2, 0.25) is 11.9 Å². The number of nitrogens with zero attached hydrogens (tertiary/aromatic N) is 5. The Morgan fingerprint density at radius 2 is 2.14 bits per heavy atom. The van der Waals surface area contributed by atoms with Crippen LogP contribution in [0.4, 0.5) is 11.9 Å². The smallest absolute Gasteiger partial charge is 0.257 e. The van der Waals surface area contributed by atoms with E-state index in [2.05, 4.69) is 37.7 Å². The third kappa shape index (κ3) is 3.46. The number of nitrogens with two attached hydrogens (primary N) is 1. The highest BCUT2D eigenvalue weighted by Crippen LogP contribution is 2.34. The molecule has 1 aliphatic rings. The van der Waals surface area contributed by atoms with Gasteiger partial charge in [-0.3, -0.25) is 5.43 Å².